The molecule has 2 N–H and O–H groups in total. The lowest BCUT2D eigenvalue weighted by Gasteiger charge is -2.15. The van der Waals surface area contributed by atoms with Gasteiger partial charge in [-0.25, -0.2) is 4.39 Å². The van der Waals surface area contributed by atoms with Gasteiger partial charge in [-0.15, -0.1) is 0 Å². The lowest BCUT2D eigenvalue weighted by Crippen LogP contribution is -2.15. The van der Waals surface area contributed by atoms with Crippen molar-refractivity contribution in [3.8, 4) is 0 Å². The molecule has 8 heteroatoms. The lowest BCUT2D eigenvalue weighted by molar-refractivity contribution is -0.137. The van der Waals surface area contributed by atoms with E-state index in [9.17, 15) is 22.4 Å². The summed E-state index contributed by atoms with van der Waals surface area (Å²) in [6.45, 7) is 1.89. The first-order valence-electron chi connectivity index (χ1n) is 8.20. The molecular formula is C20H15F4N3O. The van der Waals surface area contributed by atoms with Crippen LogP contribution in [0.5, 0.6) is 0 Å². The minimum atomic E-state index is -4.76. The summed E-state index contributed by atoms with van der Waals surface area (Å²) in [5.74, 6) is -2.02. The first-order chi connectivity index (χ1) is 13.2. The fourth-order valence-electron chi connectivity index (χ4n) is 2.54. The fourth-order valence-corrected chi connectivity index (χ4v) is 2.54. The van der Waals surface area contributed by atoms with Crippen molar-refractivity contribution in [2.24, 2.45) is 0 Å². The summed E-state index contributed by atoms with van der Waals surface area (Å²) >= 11 is 0. The van der Waals surface area contributed by atoms with E-state index in [4.69, 9.17) is 0 Å². The second-order valence-corrected chi connectivity index (χ2v) is 6.04. The number of nitrogens with one attached hydrogen (secondary N) is 2. The molecule has 4 nitrogen and oxygen atoms in total. The number of anilines is 3. The number of amides is 1. The first kappa shape index (κ1) is 19.3. The Hall–Kier alpha value is -3.42. The van der Waals surface area contributed by atoms with E-state index in [1.54, 1.807) is 0 Å². The number of alkyl halides is 3. The van der Waals surface area contributed by atoms with Crippen LogP contribution in [0.25, 0.3) is 0 Å². The van der Waals surface area contributed by atoms with Crippen LogP contribution >= 0.6 is 0 Å². The number of carbonyl (C=O) groups excluding carboxylic acids is 1. The van der Waals surface area contributed by atoms with Gasteiger partial charge in [0.15, 0.2) is 0 Å². The van der Waals surface area contributed by atoms with E-state index in [1.807, 2.05) is 31.2 Å². The van der Waals surface area contributed by atoms with Crippen molar-refractivity contribution in [3.63, 3.8) is 0 Å². The van der Waals surface area contributed by atoms with Gasteiger partial charge in [0.1, 0.15) is 5.82 Å². The van der Waals surface area contributed by atoms with Gasteiger partial charge in [-0.05, 0) is 42.8 Å². The molecular weight excluding hydrogens is 374 g/mol. The number of pyridine rings is 1. The molecule has 0 fully saturated rings. The molecule has 2 aromatic carbocycles. The highest BCUT2D eigenvalue weighted by Gasteiger charge is 2.32. The smallest absolute Gasteiger partial charge is 0.352 e. The van der Waals surface area contributed by atoms with E-state index in [-0.39, 0.29) is 0 Å². The molecule has 1 amide bonds. The molecule has 0 bridgehead atoms. The van der Waals surface area contributed by atoms with Crippen molar-refractivity contribution in [3.05, 3.63) is 83.4 Å². The summed E-state index contributed by atoms with van der Waals surface area (Å²) in [7, 11) is 0. The van der Waals surface area contributed by atoms with Gasteiger partial charge in [0.25, 0.3) is 5.91 Å². The Balaban J connectivity index is 1.88. The Bertz CT molecular complexity index is 1020. The van der Waals surface area contributed by atoms with E-state index in [0.717, 1.165) is 17.3 Å². The van der Waals surface area contributed by atoms with Gasteiger partial charge in [-0.2, -0.15) is 13.2 Å². The third kappa shape index (κ3) is 4.46. The average Bonchev–Trinajstić information content (AvgIpc) is 2.64. The highest BCUT2D eigenvalue weighted by molar-refractivity contribution is 6.06. The summed E-state index contributed by atoms with van der Waals surface area (Å²) in [6.07, 6.45) is -1.87. The van der Waals surface area contributed by atoms with Crippen LogP contribution in [0.2, 0.25) is 0 Å². The zero-order valence-corrected chi connectivity index (χ0v) is 14.6. The summed E-state index contributed by atoms with van der Waals surface area (Å²) in [4.78, 5) is 16.4. The number of para-hydroxylation sites is 1. The molecule has 1 heterocycles. The van der Waals surface area contributed by atoms with E-state index in [0.29, 0.717) is 23.5 Å². The largest absolute Gasteiger partial charge is 0.416 e. The van der Waals surface area contributed by atoms with E-state index in [1.165, 1.54) is 18.5 Å². The van der Waals surface area contributed by atoms with Crippen molar-refractivity contribution in [2.45, 2.75) is 13.1 Å². The highest BCUT2D eigenvalue weighted by Crippen LogP contribution is 2.31. The predicted molar refractivity (Wildman–Crippen MR) is 98.1 cm³/mol. The van der Waals surface area contributed by atoms with Crippen LogP contribution in [-0.2, 0) is 6.18 Å². The Morgan fingerprint density at radius 1 is 1.00 bits per heavy atom. The third-order valence-corrected chi connectivity index (χ3v) is 3.97. The van der Waals surface area contributed by atoms with Gasteiger partial charge in [0.05, 0.1) is 23.1 Å². The molecule has 0 spiro atoms. The molecule has 28 heavy (non-hydrogen) atoms. The third-order valence-electron chi connectivity index (χ3n) is 3.97. The number of hydrogen-bond acceptors (Lipinski definition) is 3. The Labute approximate surface area is 158 Å². The number of aromatic nitrogens is 1. The molecule has 0 saturated heterocycles. The topological polar surface area (TPSA) is 54.0 Å². The molecule has 0 aliphatic heterocycles. The van der Waals surface area contributed by atoms with Crippen LogP contribution in [-0.4, -0.2) is 10.9 Å². The number of carbonyl (C=O) groups is 1. The maximum absolute atomic E-state index is 13.6. The van der Waals surface area contributed by atoms with Gasteiger partial charge < -0.3 is 10.6 Å². The van der Waals surface area contributed by atoms with Gasteiger partial charge in [0.2, 0.25) is 0 Å². The van der Waals surface area contributed by atoms with Gasteiger partial charge in [-0.1, -0.05) is 18.2 Å². The highest BCUT2D eigenvalue weighted by atomic mass is 19.4. The number of hydrogen-bond donors (Lipinski definition) is 2. The second-order valence-electron chi connectivity index (χ2n) is 6.04. The molecule has 0 atom stereocenters. The van der Waals surface area contributed by atoms with Crippen molar-refractivity contribution >= 4 is 23.0 Å². The van der Waals surface area contributed by atoms with Crippen LogP contribution in [0.4, 0.5) is 34.6 Å². The normalized spacial score (nSPS) is 11.2. The molecule has 0 saturated carbocycles. The number of nitrogens with zero attached hydrogens (tertiary/aromatic N) is 1. The van der Waals surface area contributed by atoms with Crippen LogP contribution in [0, 0.1) is 12.7 Å². The second kappa shape index (κ2) is 7.67. The van der Waals surface area contributed by atoms with Crippen molar-refractivity contribution < 1.29 is 22.4 Å². The lowest BCUT2D eigenvalue weighted by atomic mass is 10.1. The number of aryl methyl sites for hydroxylation is 1. The molecule has 3 aromatic rings. The van der Waals surface area contributed by atoms with Crippen LogP contribution in [0.15, 0.2) is 60.9 Å². The molecule has 3 rings (SSSR count). The van der Waals surface area contributed by atoms with Crippen LogP contribution < -0.4 is 10.6 Å². The summed E-state index contributed by atoms with van der Waals surface area (Å²) in [5.41, 5.74) is 0.787. The Morgan fingerprint density at radius 2 is 1.75 bits per heavy atom. The molecule has 0 radical (unpaired) electrons. The van der Waals surface area contributed by atoms with Crippen molar-refractivity contribution in [1.82, 2.24) is 4.98 Å². The van der Waals surface area contributed by atoms with Crippen molar-refractivity contribution in [2.75, 3.05) is 10.6 Å². The summed E-state index contributed by atoms with van der Waals surface area (Å²) in [5, 5.41) is 5.61. The van der Waals surface area contributed by atoms with E-state index >= 15 is 0 Å². The average molecular weight is 389 g/mol. The molecule has 0 aliphatic rings. The number of rotatable bonds is 4. The minimum absolute atomic E-state index is 0.293. The molecule has 0 unspecified atom stereocenters. The zero-order chi connectivity index (χ0) is 20.3. The maximum atomic E-state index is 13.6. The summed E-state index contributed by atoms with van der Waals surface area (Å²) in [6, 6.07) is 10.6. The van der Waals surface area contributed by atoms with Gasteiger partial charge >= 0.3 is 6.18 Å². The van der Waals surface area contributed by atoms with Crippen LogP contribution in [0.3, 0.4) is 0 Å². The zero-order valence-electron chi connectivity index (χ0n) is 14.6. The van der Waals surface area contributed by atoms with E-state index < -0.39 is 29.0 Å². The minimum Gasteiger partial charge on any atom is -0.352 e. The molecule has 1 aromatic heterocycles. The number of halogens is 4. The van der Waals surface area contributed by atoms with E-state index in [2.05, 4.69) is 15.6 Å². The first-order valence-corrected chi connectivity index (χ1v) is 8.20. The van der Waals surface area contributed by atoms with Gasteiger partial charge in [-0.3, -0.25) is 9.78 Å². The van der Waals surface area contributed by atoms with Crippen LogP contribution in [0.1, 0.15) is 21.5 Å². The monoisotopic (exact) mass is 389 g/mol. The maximum Gasteiger partial charge on any atom is 0.416 e. The summed E-state index contributed by atoms with van der Waals surface area (Å²) < 4.78 is 52.2. The predicted octanol–water partition coefficient (Wildman–Crippen LogP) is 5.54. The quantitative estimate of drug-likeness (QED) is 0.576. The molecule has 0 aliphatic carbocycles. The standard InChI is InChI=1S/C20H15F4N3O/c1-12-4-2-3-5-16(12)26-18-11-25-7-6-17(18)27-19(28)13-8-14(20(22,23)24)10-15(21)9-13/h2-11,26H,1H3,(H,25,27,28). The van der Waals surface area contributed by atoms with Crippen molar-refractivity contribution in [1.29, 1.82) is 0 Å². The fraction of sp³-hybridized carbons (Fsp3) is 0.100. The van der Waals surface area contributed by atoms with Gasteiger partial charge in [0, 0.05) is 17.4 Å². The Kier molecular flexibility index (Phi) is 5.30. The molecule has 144 valence electrons. The Morgan fingerprint density at radius 3 is 2.46 bits per heavy atom. The number of benzene rings is 2. The SMILES string of the molecule is Cc1ccccc1Nc1cnccc1NC(=O)c1cc(F)cc(C(F)(F)F)c1.